The Hall–Kier alpha value is -2.44. The number of fused-ring (bicyclic) bond motifs is 2. The lowest BCUT2D eigenvalue weighted by Crippen LogP contribution is -2.37. The minimum Gasteiger partial charge on any atom is -0.218 e. The first-order valence-corrected chi connectivity index (χ1v) is 11.9. The maximum atomic E-state index is 13.5. The maximum absolute atomic E-state index is 13.5. The quantitative estimate of drug-likeness (QED) is 0.282. The molecule has 0 fully saturated rings. The largest absolute Gasteiger partial charge is 0.218 e. The summed E-state index contributed by atoms with van der Waals surface area (Å²) in [5.74, 6) is 0. The summed E-state index contributed by atoms with van der Waals surface area (Å²) in [5.41, 5.74) is 3.00. The van der Waals surface area contributed by atoms with Crippen LogP contribution in [0, 0.1) is 3.57 Å². The Kier molecular flexibility index (Phi) is 4.37. The van der Waals surface area contributed by atoms with Crippen molar-refractivity contribution in [2.24, 2.45) is 0 Å². The van der Waals surface area contributed by atoms with Crippen LogP contribution in [0.3, 0.4) is 0 Å². The van der Waals surface area contributed by atoms with E-state index < -0.39 is 15.3 Å². The van der Waals surface area contributed by atoms with Gasteiger partial charge in [0.05, 0.1) is 15.2 Å². The van der Waals surface area contributed by atoms with Gasteiger partial charge in [-0.3, -0.25) is 0 Å². The van der Waals surface area contributed by atoms with Crippen LogP contribution >= 0.6 is 22.6 Å². The van der Waals surface area contributed by atoms with E-state index in [1.54, 1.807) is 24.3 Å². The van der Waals surface area contributed by atoms with Gasteiger partial charge in [0, 0.05) is 3.57 Å². The molecule has 0 unspecified atom stereocenters. The van der Waals surface area contributed by atoms with Crippen LogP contribution in [-0.4, -0.2) is 8.42 Å². The molecule has 2 nitrogen and oxygen atoms in total. The fourth-order valence-electron chi connectivity index (χ4n) is 4.48. The van der Waals surface area contributed by atoms with E-state index in [1.807, 2.05) is 48.5 Å². The fourth-order valence-corrected chi connectivity index (χ4v) is 6.80. The SMILES string of the molecule is O=S1(=O)c2ccccc2C(c2ccccc2)(c2cccc(I)c2)c2ccccc21. The number of sulfone groups is 1. The molecule has 0 bridgehead atoms. The Bertz CT molecular complexity index is 1270. The Morgan fingerprint density at radius 1 is 0.586 bits per heavy atom. The second kappa shape index (κ2) is 6.82. The van der Waals surface area contributed by atoms with E-state index in [4.69, 9.17) is 0 Å². The Labute approximate surface area is 184 Å². The van der Waals surface area contributed by atoms with Crippen molar-refractivity contribution in [3.05, 3.63) is 129 Å². The zero-order valence-electron chi connectivity index (χ0n) is 15.4. The molecule has 1 aliphatic rings. The Morgan fingerprint density at radius 2 is 1.10 bits per heavy atom. The molecule has 4 heteroatoms. The molecule has 0 radical (unpaired) electrons. The van der Waals surface area contributed by atoms with Crippen LogP contribution in [0.15, 0.2) is 113 Å². The fraction of sp³-hybridized carbons (Fsp3) is 0.0400. The normalized spacial score (nSPS) is 15.9. The van der Waals surface area contributed by atoms with E-state index in [2.05, 4.69) is 52.9 Å². The zero-order valence-corrected chi connectivity index (χ0v) is 18.4. The highest BCUT2D eigenvalue weighted by Crippen LogP contribution is 2.53. The molecule has 1 aliphatic heterocycles. The van der Waals surface area contributed by atoms with E-state index in [0.29, 0.717) is 9.79 Å². The molecular weight excluding hydrogens is 491 g/mol. The molecule has 142 valence electrons. The van der Waals surface area contributed by atoms with E-state index >= 15 is 0 Å². The molecule has 0 amide bonds. The van der Waals surface area contributed by atoms with Crippen molar-refractivity contribution in [2.45, 2.75) is 15.2 Å². The number of rotatable bonds is 2. The minimum atomic E-state index is -3.60. The minimum absolute atomic E-state index is 0.376. The number of benzene rings is 4. The molecule has 5 rings (SSSR count). The highest BCUT2D eigenvalue weighted by Gasteiger charge is 2.48. The predicted octanol–water partition coefficient (Wildman–Crippen LogP) is 5.82. The van der Waals surface area contributed by atoms with Crippen LogP contribution in [0.2, 0.25) is 0 Å². The van der Waals surface area contributed by atoms with Crippen molar-refractivity contribution in [3.63, 3.8) is 0 Å². The summed E-state index contributed by atoms with van der Waals surface area (Å²) < 4.78 is 28.1. The third-order valence-corrected chi connectivity index (χ3v) is 8.17. The zero-order chi connectivity index (χ0) is 20.1. The van der Waals surface area contributed by atoms with E-state index in [-0.39, 0.29) is 0 Å². The van der Waals surface area contributed by atoms with Crippen molar-refractivity contribution in [1.29, 1.82) is 0 Å². The third kappa shape index (κ3) is 2.62. The molecular formula is C25H17IO2S. The van der Waals surface area contributed by atoms with Gasteiger partial charge in [0.1, 0.15) is 0 Å². The van der Waals surface area contributed by atoms with Crippen molar-refractivity contribution in [3.8, 4) is 0 Å². The van der Waals surface area contributed by atoms with Gasteiger partial charge in [0.15, 0.2) is 0 Å². The highest BCUT2D eigenvalue weighted by atomic mass is 127. The van der Waals surface area contributed by atoms with Crippen LogP contribution < -0.4 is 0 Å². The van der Waals surface area contributed by atoms with Gasteiger partial charge in [-0.15, -0.1) is 0 Å². The first-order chi connectivity index (χ1) is 14.1. The van der Waals surface area contributed by atoms with Crippen molar-refractivity contribution >= 4 is 32.4 Å². The standard InChI is InChI=1S/C25H17IO2S/c26-20-12-8-11-19(17-20)25(18-9-2-1-3-10-18)21-13-4-6-15-23(21)29(27,28)24-16-7-5-14-22(24)25/h1-17H. The van der Waals surface area contributed by atoms with Crippen molar-refractivity contribution in [1.82, 2.24) is 0 Å². The summed E-state index contributed by atoms with van der Waals surface area (Å²) >= 11 is 2.32. The predicted molar refractivity (Wildman–Crippen MR) is 123 cm³/mol. The monoisotopic (exact) mass is 508 g/mol. The number of hydrogen-bond acceptors (Lipinski definition) is 2. The first kappa shape index (κ1) is 18.6. The van der Waals surface area contributed by atoms with Crippen LogP contribution in [0.4, 0.5) is 0 Å². The average molecular weight is 508 g/mol. The lowest BCUT2D eigenvalue weighted by molar-refractivity contribution is 0.578. The summed E-state index contributed by atoms with van der Waals surface area (Å²) in [5, 5.41) is 0. The van der Waals surface area contributed by atoms with Gasteiger partial charge in [-0.25, -0.2) is 8.42 Å². The molecule has 1 heterocycles. The molecule has 0 aromatic heterocycles. The summed E-state index contributed by atoms with van der Waals surface area (Å²) in [6, 6.07) is 33.4. The second-order valence-corrected chi connectivity index (χ2v) is 10.3. The molecule has 0 spiro atoms. The summed E-state index contributed by atoms with van der Waals surface area (Å²) in [4.78, 5) is 0.753. The van der Waals surface area contributed by atoms with Gasteiger partial charge in [0.25, 0.3) is 0 Å². The van der Waals surface area contributed by atoms with Gasteiger partial charge in [0.2, 0.25) is 9.84 Å². The van der Waals surface area contributed by atoms with Crippen LogP contribution in [0.5, 0.6) is 0 Å². The topological polar surface area (TPSA) is 34.1 Å². The molecule has 0 saturated heterocycles. The molecule has 0 N–H and O–H groups in total. The van der Waals surface area contributed by atoms with Gasteiger partial charge in [-0.1, -0.05) is 78.9 Å². The molecule has 4 aromatic carbocycles. The molecule has 0 aliphatic carbocycles. The molecule has 0 atom stereocenters. The number of hydrogen-bond donors (Lipinski definition) is 0. The van der Waals surface area contributed by atoms with Gasteiger partial charge < -0.3 is 0 Å². The second-order valence-electron chi connectivity index (χ2n) is 7.12. The Balaban J connectivity index is 2.05. The summed E-state index contributed by atoms with van der Waals surface area (Å²) in [6.45, 7) is 0. The van der Waals surface area contributed by atoms with Crippen LogP contribution in [0.1, 0.15) is 22.3 Å². The molecule has 29 heavy (non-hydrogen) atoms. The molecule has 4 aromatic rings. The van der Waals surface area contributed by atoms with Crippen molar-refractivity contribution in [2.75, 3.05) is 0 Å². The highest BCUT2D eigenvalue weighted by molar-refractivity contribution is 14.1. The van der Waals surface area contributed by atoms with E-state index in [1.165, 1.54) is 0 Å². The molecule has 0 saturated carbocycles. The van der Waals surface area contributed by atoms with E-state index in [0.717, 1.165) is 25.8 Å². The van der Waals surface area contributed by atoms with Gasteiger partial charge >= 0.3 is 0 Å². The van der Waals surface area contributed by atoms with E-state index in [9.17, 15) is 8.42 Å². The lowest BCUT2D eigenvalue weighted by atomic mass is 9.65. The summed E-state index contributed by atoms with van der Waals surface area (Å²) in [7, 11) is -3.60. The van der Waals surface area contributed by atoms with Gasteiger partial charge in [-0.05, 0) is 69.1 Å². The summed E-state index contributed by atoms with van der Waals surface area (Å²) in [6.07, 6.45) is 0. The maximum Gasteiger partial charge on any atom is 0.207 e. The Morgan fingerprint density at radius 3 is 1.69 bits per heavy atom. The van der Waals surface area contributed by atoms with Crippen molar-refractivity contribution < 1.29 is 8.42 Å². The average Bonchev–Trinajstić information content (AvgIpc) is 2.75. The van der Waals surface area contributed by atoms with Crippen LogP contribution in [0.25, 0.3) is 0 Å². The van der Waals surface area contributed by atoms with Gasteiger partial charge in [-0.2, -0.15) is 0 Å². The first-order valence-electron chi connectivity index (χ1n) is 9.32. The third-order valence-electron chi connectivity index (χ3n) is 5.63. The smallest absolute Gasteiger partial charge is 0.207 e. The lowest BCUT2D eigenvalue weighted by Gasteiger charge is -2.41. The van der Waals surface area contributed by atoms with Crippen LogP contribution in [-0.2, 0) is 15.3 Å². The number of halogens is 1.